The third-order valence-electron chi connectivity index (χ3n) is 4.29. The van der Waals surface area contributed by atoms with Crippen molar-refractivity contribution in [3.8, 4) is 11.5 Å². The van der Waals surface area contributed by atoms with E-state index in [9.17, 15) is 13.2 Å². The monoisotopic (exact) mass is 406 g/mol. The number of hydrogen-bond donors (Lipinski definition) is 1. The molecule has 0 spiro atoms. The minimum Gasteiger partial charge on any atom is -0.497 e. The number of methoxy groups -OCH3 is 2. The van der Waals surface area contributed by atoms with Gasteiger partial charge in [0.2, 0.25) is 5.91 Å². The van der Waals surface area contributed by atoms with Crippen LogP contribution >= 0.6 is 0 Å². The Morgan fingerprint density at radius 3 is 2.36 bits per heavy atom. The van der Waals surface area contributed by atoms with Gasteiger partial charge in [-0.15, -0.1) is 0 Å². The Bertz CT molecular complexity index is 900. The molecule has 152 valence electrons. The summed E-state index contributed by atoms with van der Waals surface area (Å²) >= 11 is 0. The maximum absolute atomic E-state index is 13.3. The largest absolute Gasteiger partial charge is 0.497 e. The topological polar surface area (TPSA) is 84.9 Å². The highest BCUT2D eigenvalue weighted by atomic mass is 32.2. The van der Waals surface area contributed by atoms with E-state index in [1.807, 2.05) is 13.8 Å². The lowest BCUT2D eigenvalue weighted by molar-refractivity contribution is -0.120. The minimum absolute atomic E-state index is 0.0634. The van der Waals surface area contributed by atoms with Gasteiger partial charge in [0, 0.05) is 12.1 Å². The molecule has 2 aromatic carbocycles. The first-order valence-corrected chi connectivity index (χ1v) is 10.4. The fraction of sp³-hybridized carbons (Fsp3) is 0.350. The van der Waals surface area contributed by atoms with Crippen molar-refractivity contribution in [3.05, 3.63) is 48.5 Å². The van der Waals surface area contributed by atoms with Crippen molar-refractivity contribution in [1.29, 1.82) is 0 Å². The van der Waals surface area contributed by atoms with Crippen molar-refractivity contribution < 1.29 is 22.7 Å². The van der Waals surface area contributed by atoms with E-state index in [1.54, 1.807) is 36.4 Å². The van der Waals surface area contributed by atoms with Crippen LogP contribution in [-0.4, -0.2) is 41.1 Å². The third-order valence-corrected chi connectivity index (χ3v) is 6.07. The molecule has 2 aromatic rings. The van der Waals surface area contributed by atoms with Crippen molar-refractivity contribution in [1.82, 2.24) is 5.32 Å². The summed E-state index contributed by atoms with van der Waals surface area (Å²) in [5.74, 6) is 0.406. The number of rotatable bonds is 9. The second-order valence-electron chi connectivity index (χ2n) is 6.24. The summed E-state index contributed by atoms with van der Waals surface area (Å²) in [6, 6.07) is 12.7. The number of hydrogen-bond acceptors (Lipinski definition) is 5. The van der Waals surface area contributed by atoms with E-state index in [0.29, 0.717) is 5.75 Å². The smallest absolute Gasteiger partial charge is 0.264 e. The Labute approximate surface area is 166 Å². The number of ether oxygens (including phenoxy) is 2. The zero-order valence-corrected chi connectivity index (χ0v) is 17.3. The summed E-state index contributed by atoms with van der Waals surface area (Å²) in [6.45, 7) is 3.43. The van der Waals surface area contributed by atoms with Crippen LogP contribution in [-0.2, 0) is 14.8 Å². The molecule has 0 saturated heterocycles. The number of amides is 1. The zero-order valence-electron chi connectivity index (χ0n) is 16.5. The fourth-order valence-corrected chi connectivity index (χ4v) is 4.02. The van der Waals surface area contributed by atoms with Crippen LogP contribution in [0.5, 0.6) is 11.5 Å². The lowest BCUT2D eigenvalue weighted by atomic mass is 10.2. The molecule has 0 aliphatic rings. The maximum Gasteiger partial charge on any atom is 0.264 e. The van der Waals surface area contributed by atoms with Crippen LogP contribution in [0.4, 0.5) is 5.69 Å². The molecular formula is C20H26N2O5S. The molecule has 0 radical (unpaired) electrons. The average molecular weight is 407 g/mol. The van der Waals surface area contributed by atoms with Crippen molar-refractivity contribution >= 4 is 21.6 Å². The molecule has 0 fully saturated rings. The van der Waals surface area contributed by atoms with Gasteiger partial charge in [-0.25, -0.2) is 8.42 Å². The van der Waals surface area contributed by atoms with Gasteiger partial charge in [0.25, 0.3) is 10.0 Å². The number of carbonyl (C=O) groups is 1. The molecule has 28 heavy (non-hydrogen) atoms. The molecule has 0 unspecified atom stereocenters. The second kappa shape index (κ2) is 9.45. The van der Waals surface area contributed by atoms with Crippen molar-refractivity contribution in [2.75, 3.05) is 25.1 Å². The number of anilines is 1. The lowest BCUT2D eigenvalue weighted by Crippen LogP contribution is -2.43. The number of nitrogens with one attached hydrogen (secondary N) is 1. The molecule has 0 aliphatic heterocycles. The van der Waals surface area contributed by atoms with Gasteiger partial charge >= 0.3 is 0 Å². The summed E-state index contributed by atoms with van der Waals surface area (Å²) in [7, 11) is -1.05. The van der Waals surface area contributed by atoms with Crippen LogP contribution in [0.15, 0.2) is 53.4 Å². The molecule has 7 nitrogen and oxygen atoms in total. The number of sulfonamides is 1. The molecule has 1 atom stereocenters. The predicted octanol–water partition coefficient (Wildman–Crippen LogP) is 2.81. The molecular weight excluding hydrogens is 380 g/mol. The Hall–Kier alpha value is -2.74. The van der Waals surface area contributed by atoms with Gasteiger partial charge in [-0.3, -0.25) is 9.10 Å². The first-order chi connectivity index (χ1) is 13.3. The SMILES string of the molecule is CC[C@H](C)NC(=O)CN(c1ccc(OC)cc1OC)S(=O)(=O)c1ccccc1. The van der Waals surface area contributed by atoms with E-state index in [0.717, 1.165) is 10.7 Å². The molecule has 0 heterocycles. The highest BCUT2D eigenvalue weighted by molar-refractivity contribution is 7.92. The third kappa shape index (κ3) is 4.95. The molecule has 0 saturated carbocycles. The van der Waals surface area contributed by atoms with E-state index in [1.165, 1.54) is 26.4 Å². The summed E-state index contributed by atoms with van der Waals surface area (Å²) in [4.78, 5) is 12.6. The van der Waals surface area contributed by atoms with Crippen LogP contribution in [0, 0.1) is 0 Å². The van der Waals surface area contributed by atoms with E-state index in [-0.39, 0.29) is 28.9 Å². The lowest BCUT2D eigenvalue weighted by Gasteiger charge is -2.26. The molecule has 0 aromatic heterocycles. The summed E-state index contributed by atoms with van der Waals surface area (Å²) in [5.41, 5.74) is 0.256. The Morgan fingerprint density at radius 1 is 1.11 bits per heavy atom. The Kier molecular flexibility index (Phi) is 7.28. The summed E-state index contributed by atoms with van der Waals surface area (Å²) in [5, 5.41) is 2.80. The van der Waals surface area contributed by atoms with Crippen LogP contribution in [0.2, 0.25) is 0 Å². The highest BCUT2D eigenvalue weighted by Gasteiger charge is 2.29. The summed E-state index contributed by atoms with van der Waals surface area (Å²) in [6.07, 6.45) is 0.739. The number of nitrogens with zero attached hydrogens (tertiary/aromatic N) is 1. The molecule has 0 aliphatic carbocycles. The van der Waals surface area contributed by atoms with Crippen LogP contribution in [0.3, 0.4) is 0 Å². The molecule has 1 N–H and O–H groups in total. The van der Waals surface area contributed by atoms with Gasteiger partial charge in [0.1, 0.15) is 18.0 Å². The quantitative estimate of drug-likeness (QED) is 0.692. The maximum atomic E-state index is 13.3. The highest BCUT2D eigenvalue weighted by Crippen LogP contribution is 2.35. The zero-order chi connectivity index (χ0) is 20.7. The van der Waals surface area contributed by atoms with Crippen LogP contribution in [0.25, 0.3) is 0 Å². The molecule has 2 rings (SSSR count). The second-order valence-corrected chi connectivity index (χ2v) is 8.10. The van der Waals surface area contributed by atoms with Crippen LogP contribution < -0.4 is 19.1 Å². The van der Waals surface area contributed by atoms with Crippen molar-refractivity contribution in [2.45, 2.75) is 31.2 Å². The Balaban J connectivity index is 2.52. The number of carbonyl (C=O) groups excluding carboxylic acids is 1. The Morgan fingerprint density at radius 2 is 1.79 bits per heavy atom. The summed E-state index contributed by atoms with van der Waals surface area (Å²) < 4.78 is 38.2. The van der Waals surface area contributed by atoms with Crippen molar-refractivity contribution in [3.63, 3.8) is 0 Å². The van der Waals surface area contributed by atoms with Gasteiger partial charge in [0.05, 0.1) is 24.8 Å². The van der Waals surface area contributed by atoms with E-state index in [2.05, 4.69) is 5.32 Å². The van der Waals surface area contributed by atoms with E-state index in [4.69, 9.17) is 9.47 Å². The predicted molar refractivity (Wildman–Crippen MR) is 108 cm³/mol. The van der Waals surface area contributed by atoms with Gasteiger partial charge in [-0.2, -0.15) is 0 Å². The van der Waals surface area contributed by atoms with E-state index < -0.39 is 15.9 Å². The molecule has 1 amide bonds. The minimum atomic E-state index is -3.99. The van der Waals surface area contributed by atoms with Crippen LogP contribution in [0.1, 0.15) is 20.3 Å². The van der Waals surface area contributed by atoms with Gasteiger partial charge in [-0.05, 0) is 37.6 Å². The molecule has 8 heteroatoms. The standard InChI is InChI=1S/C20H26N2O5S/c1-5-15(2)21-20(23)14-22(28(24,25)17-9-7-6-8-10-17)18-12-11-16(26-3)13-19(18)27-4/h6-13,15H,5,14H2,1-4H3,(H,21,23)/t15-/m0/s1. The number of benzene rings is 2. The first kappa shape index (κ1) is 21.6. The molecule has 0 bridgehead atoms. The van der Waals surface area contributed by atoms with Gasteiger partial charge in [-0.1, -0.05) is 25.1 Å². The van der Waals surface area contributed by atoms with E-state index >= 15 is 0 Å². The van der Waals surface area contributed by atoms with Crippen molar-refractivity contribution in [2.24, 2.45) is 0 Å². The average Bonchev–Trinajstić information content (AvgIpc) is 2.72. The van der Waals surface area contributed by atoms with Gasteiger partial charge in [0.15, 0.2) is 0 Å². The van der Waals surface area contributed by atoms with Gasteiger partial charge < -0.3 is 14.8 Å². The first-order valence-electron chi connectivity index (χ1n) is 8.92. The normalized spacial score (nSPS) is 12.1. The fourth-order valence-electron chi connectivity index (χ4n) is 2.56.